The highest BCUT2D eigenvalue weighted by Gasteiger charge is 2.27. The summed E-state index contributed by atoms with van der Waals surface area (Å²) in [6.07, 6.45) is 2.75. The highest BCUT2D eigenvalue weighted by molar-refractivity contribution is 7.87. The maximum atomic E-state index is 10.7. The summed E-state index contributed by atoms with van der Waals surface area (Å²) in [4.78, 5) is 2.12. The van der Waals surface area contributed by atoms with Crippen LogP contribution in [0.4, 0.5) is 0 Å². The molecule has 3 N–H and O–H groups in total. The first kappa shape index (κ1) is 10.9. The van der Waals surface area contributed by atoms with Gasteiger partial charge in [-0.1, -0.05) is 0 Å². The minimum atomic E-state index is -3.53. The zero-order valence-corrected chi connectivity index (χ0v) is 8.84. The lowest BCUT2D eigenvalue weighted by Gasteiger charge is -2.18. The maximum Gasteiger partial charge on any atom is 0.274 e. The van der Waals surface area contributed by atoms with Crippen molar-refractivity contribution in [3.05, 3.63) is 0 Å². The number of rotatable bonds is 3. The molecular formula is C7H17N3O2S. The van der Waals surface area contributed by atoms with Gasteiger partial charge in [-0.05, 0) is 33.4 Å². The molecule has 1 fully saturated rings. The van der Waals surface area contributed by atoms with Gasteiger partial charge in [-0.25, -0.2) is 5.14 Å². The summed E-state index contributed by atoms with van der Waals surface area (Å²) in [5, 5.41) is 4.88. The van der Waals surface area contributed by atoms with E-state index < -0.39 is 10.2 Å². The van der Waals surface area contributed by atoms with E-state index in [1.165, 1.54) is 0 Å². The van der Waals surface area contributed by atoms with E-state index in [9.17, 15) is 8.42 Å². The van der Waals surface area contributed by atoms with Crippen molar-refractivity contribution >= 4 is 10.2 Å². The van der Waals surface area contributed by atoms with Crippen LogP contribution in [0.15, 0.2) is 0 Å². The summed E-state index contributed by atoms with van der Waals surface area (Å²) in [7, 11) is 0.483. The van der Waals surface area contributed by atoms with E-state index in [-0.39, 0.29) is 6.04 Å². The van der Waals surface area contributed by atoms with Gasteiger partial charge in [-0.3, -0.25) is 0 Å². The fraction of sp³-hybridized carbons (Fsp3) is 1.00. The average molecular weight is 207 g/mol. The molecule has 0 amide bonds. The highest BCUT2D eigenvalue weighted by atomic mass is 32.2. The molecular weight excluding hydrogens is 190 g/mol. The Balaban J connectivity index is 2.42. The Morgan fingerprint density at radius 3 is 2.38 bits per heavy atom. The van der Waals surface area contributed by atoms with Crippen LogP contribution in [0.5, 0.6) is 0 Å². The van der Waals surface area contributed by atoms with Gasteiger partial charge >= 0.3 is 0 Å². The molecule has 1 aliphatic carbocycles. The summed E-state index contributed by atoms with van der Waals surface area (Å²) in [6.45, 7) is 0. The van der Waals surface area contributed by atoms with Gasteiger partial charge in [0.1, 0.15) is 0 Å². The Kier molecular flexibility index (Phi) is 3.28. The SMILES string of the molecule is CN(C)C1CCC(NS(N)(=O)=O)C1. The molecule has 0 saturated heterocycles. The molecule has 78 valence electrons. The van der Waals surface area contributed by atoms with E-state index in [0.717, 1.165) is 19.3 Å². The van der Waals surface area contributed by atoms with Gasteiger partial charge < -0.3 is 4.90 Å². The highest BCUT2D eigenvalue weighted by Crippen LogP contribution is 2.22. The largest absolute Gasteiger partial charge is 0.306 e. The van der Waals surface area contributed by atoms with Crippen LogP contribution in [-0.2, 0) is 10.2 Å². The lowest BCUT2D eigenvalue weighted by atomic mass is 10.2. The lowest BCUT2D eigenvalue weighted by Crippen LogP contribution is -2.39. The van der Waals surface area contributed by atoms with Gasteiger partial charge in [0.05, 0.1) is 0 Å². The zero-order chi connectivity index (χ0) is 10.1. The summed E-state index contributed by atoms with van der Waals surface area (Å²) >= 11 is 0. The molecule has 1 rings (SSSR count). The van der Waals surface area contributed by atoms with E-state index in [0.29, 0.717) is 6.04 Å². The summed E-state index contributed by atoms with van der Waals surface area (Å²) < 4.78 is 23.9. The molecule has 0 aromatic rings. The molecule has 13 heavy (non-hydrogen) atoms. The van der Waals surface area contributed by atoms with Gasteiger partial charge in [-0.15, -0.1) is 0 Å². The van der Waals surface area contributed by atoms with Crippen LogP contribution in [0.2, 0.25) is 0 Å². The van der Waals surface area contributed by atoms with Crippen LogP contribution in [0.1, 0.15) is 19.3 Å². The molecule has 2 atom stereocenters. The Morgan fingerprint density at radius 2 is 2.00 bits per heavy atom. The normalized spacial score (nSPS) is 29.8. The first-order valence-electron chi connectivity index (χ1n) is 4.35. The van der Waals surface area contributed by atoms with Crippen molar-refractivity contribution in [3.8, 4) is 0 Å². The van der Waals surface area contributed by atoms with E-state index >= 15 is 0 Å². The van der Waals surface area contributed by atoms with Crippen LogP contribution >= 0.6 is 0 Å². The molecule has 5 nitrogen and oxygen atoms in total. The monoisotopic (exact) mass is 207 g/mol. The predicted molar refractivity (Wildman–Crippen MR) is 51.4 cm³/mol. The van der Waals surface area contributed by atoms with Crippen LogP contribution in [0.3, 0.4) is 0 Å². The Morgan fingerprint density at radius 1 is 1.38 bits per heavy atom. The van der Waals surface area contributed by atoms with E-state index in [2.05, 4.69) is 9.62 Å². The summed E-state index contributed by atoms with van der Waals surface area (Å²) in [6, 6.07) is 0.488. The molecule has 0 aromatic heterocycles. The number of nitrogens with one attached hydrogen (secondary N) is 1. The Bertz CT molecular complexity index is 263. The molecule has 0 heterocycles. The van der Waals surface area contributed by atoms with Crippen molar-refractivity contribution in [1.82, 2.24) is 9.62 Å². The third-order valence-corrected chi connectivity index (χ3v) is 3.13. The molecule has 0 spiro atoms. The predicted octanol–water partition coefficient (Wildman–Crippen LogP) is -0.738. The molecule has 0 aromatic carbocycles. The van der Waals surface area contributed by atoms with Crippen LogP contribution < -0.4 is 9.86 Å². The first-order chi connectivity index (χ1) is 5.88. The number of hydrogen-bond donors (Lipinski definition) is 2. The van der Waals surface area contributed by atoms with Crippen molar-refractivity contribution in [2.45, 2.75) is 31.3 Å². The van der Waals surface area contributed by atoms with Gasteiger partial charge in [0.2, 0.25) is 0 Å². The summed E-state index contributed by atoms with van der Waals surface area (Å²) in [5.74, 6) is 0. The fourth-order valence-corrected chi connectivity index (χ4v) is 2.44. The van der Waals surface area contributed by atoms with Crippen LogP contribution in [-0.4, -0.2) is 39.5 Å². The number of hydrogen-bond acceptors (Lipinski definition) is 3. The molecule has 6 heteroatoms. The Hall–Kier alpha value is -0.170. The third-order valence-electron chi connectivity index (χ3n) is 2.47. The smallest absolute Gasteiger partial charge is 0.274 e. The molecule has 2 unspecified atom stereocenters. The maximum absolute atomic E-state index is 10.7. The minimum absolute atomic E-state index is 0.0161. The topological polar surface area (TPSA) is 75.4 Å². The van der Waals surface area contributed by atoms with E-state index in [1.807, 2.05) is 14.1 Å². The number of nitrogens with zero attached hydrogens (tertiary/aromatic N) is 1. The van der Waals surface area contributed by atoms with Crippen molar-refractivity contribution in [2.75, 3.05) is 14.1 Å². The molecule has 0 bridgehead atoms. The quantitative estimate of drug-likeness (QED) is 0.640. The minimum Gasteiger partial charge on any atom is -0.306 e. The standard InChI is InChI=1S/C7H17N3O2S/c1-10(2)7-4-3-6(5-7)9-13(8,11)12/h6-7,9H,3-5H2,1-2H3,(H2,8,11,12). The Labute approximate surface area is 79.5 Å². The second-order valence-electron chi connectivity index (χ2n) is 3.79. The van der Waals surface area contributed by atoms with Gasteiger partial charge in [0.25, 0.3) is 10.2 Å². The molecule has 0 radical (unpaired) electrons. The van der Waals surface area contributed by atoms with Crippen LogP contribution in [0, 0.1) is 0 Å². The van der Waals surface area contributed by atoms with E-state index in [1.54, 1.807) is 0 Å². The second kappa shape index (κ2) is 3.91. The van der Waals surface area contributed by atoms with Crippen LogP contribution in [0.25, 0.3) is 0 Å². The summed E-state index contributed by atoms with van der Waals surface area (Å²) in [5.41, 5.74) is 0. The average Bonchev–Trinajstić information content (AvgIpc) is 2.31. The van der Waals surface area contributed by atoms with Gasteiger partial charge in [0.15, 0.2) is 0 Å². The zero-order valence-electron chi connectivity index (χ0n) is 8.03. The number of nitrogens with two attached hydrogens (primary N) is 1. The lowest BCUT2D eigenvalue weighted by molar-refractivity contribution is 0.295. The first-order valence-corrected chi connectivity index (χ1v) is 5.89. The molecule has 1 aliphatic rings. The fourth-order valence-electron chi connectivity index (χ4n) is 1.77. The van der Waals surface area contributed by atoms with Gasteiger partial charge in [-0.2, -0.15) is 13.1 Å². The van der Waals surface area contributed by atoms with E-state index in [4.69, 9.17) is 5.14 Å². The third kappa shape index (κ3) is 3.60. The second-order valence-corrected chi connectivity index (χ2v) is 5.12. The van der Waals surface area contributed by atoms with Crippen molar-refractivity contribution in [2.24, 2.45) is 5.14 Å². The van der Waals surface area contributed by atoms with Gasteiger partial charge in [0, 0.05) is 12.1 Å². The molecule has 0 aliphatic heterocycles. The van der Waals surface area contributed by atoms with Crippen molar-refractivity contribution in [3.63, 3.8) is 0 Å². The van der Waals surface area contributed by atoms with Crippen molar-refractivity contribution in [1.29, 1.82) is 0 Å². The van der Waals surface area contributed by atoms with Crippen molar-refractivity contribution < 1.29 is 8.42 Å². The molecule has 1 saturated carbocycles.